The van der Waals surface area contributed by atoms with Gasteiger partial charge in [-0.2, -0.15) is 0 Å². The second-order valence-electron chi connectivity index (χ2n) is 7.97. The molecule has 0 N–H and O–H groups in total. The van der Waals surface area contributed by atoms with Gasteiger partial charge in [0, 0.05) is 6.04 Å². The van der Waals surface area contributed by atoms with Crippen molar-refractivity contribution in [3.63, 3.8) is 0 Å². The predicted octanol–water partition coefficient (Wildman–Crippen LogP) is 4.77. The molecule has 2 aliphatic rings. The van der Waals surface area contributed by atoms with E-state index in [0.717, 1.165) is 5.90 Å². The highest BCUT2D eigenvalue weighted by molar-refractivity contribution is 5.92. The van der Waals surface area contributed by atoms with Crippen LogP contribution < -0.4 is 0 Å². The van der Waals surface area contributed by atoms with E-state index < -0.39 is 0 Å². The summed E-state index contributed by atoms with van der Waals surface area (Å²) in [6.07, 6.45) is 0. The van der Waals surface area contributed by atoms with Crippen molar-refractivity contribution in [1.82, 2.24) is 4.90 Å². The average Bonchev–Trinajstić information content (AvgIpc) is 3.09. The van der Waals surface area contributed by atoms with Crippen molar-refractivity contribution in [2.24, 2.45) is 4.99 Å². The maximum Gasteiger partial charge on any atom is 0.206 e. The molecule has 0 radical (unpaired) electrons. The van der Waals surface area contributed by atoms with Gasteiger partial charge in [0.05, 0.1) is 11.6 Å². The number of nitrogens with zero attached hydrogens (tertiary/aromatic N) is 2. The molecule has 1 fully saturated rings. The van der Waals surface area contributed by atoms with E-state index in [4.69, 9.17) is 9.73 Å². The number of hydrogen-bond donors (Lipinski definition) is 0. The molecule has 2 aliphatic heterocycles. The first-order valence-corrected chi connectivity index (χ1v) is 9.05. The van der Waals surface area contributed by atoms with Gasteiger partial charge in [0.15, 0.2) is 0 Å². The van der Waals surface area contributed by atoms with Crippen molar-refractivity contribution in [3.8, 4) is 0 Å². The van der Waals surface area contributed by atoms with E-state index in [2.05, 4.69) is 93.3 Å². The van der Waals surface area contributed by atoms with E-state index in [1.807, 2.05) is 0 Å². The Kier molecular flexibility index (Phi) is 3.73. The fourth-order valence-electron chi connectivity index (χ4n) is 4.12. The Balaban J connectivity index is 1.73. The third-order valence-electron chi connectivity index (χ3n) is 5.49. The Labute approximate surface area is 150 Å². The first-order valence-electron chi connectivity index (χ1n) is 9.05. The SMILES string of the molecule is C[C@@H](c1ccccc1)N1[C@H](c2ccccc2)[C@@]1(C)C1=NC(C)(C)CO1. The Morgan fingerprint density at radius 3 is 2.16 bits per heavy atom. The molecule has 4 atom stereocenters. The summed E-state index contributed by atoms with van der Waals surface area (Å²) >= 11 is 0. The van der Waals surface area contributed by atoms with Crippen molar-refractivity contribution in [3.05, 3.63) is 71.8 Å². The summed E-state index contributed by atoms with van der Waals surface area (Å²) < 4.78 is 6.07. The van der Waals surface area contributed by atoms with Crippen LogP contribution in [0.25, 0.3) is 0 Å². The number of hydrogen-bond acceptors (Lipinski definition) is 3. The molecule has 3 heteroatoms. The van der Waals surface area contributed by atoms with Crippen molar-refractivity contribution in [1.29, 1.82) is 0 Å². The summed E-state index contributed by atoms with van der Waals surface area (Å²) in [6.45, 7) is 9.47. The number of benzene rings is 2. The molecular weight excluding hydrogens is 308 g/mol. The molecule has 1 unspecified atom stereocenters. The molecule has 2 aromatic rings. The van der Waals surface area contributed by atoms with Gasteiger partial charge in [-0.15, -0.1) is 0 Å². The van der Waals surface area contributed by atoms with Gasteiger partial charge in [-0.3, -0.25) is 4.90 Å². The summed E-state index contributed by atoms with van der Waals surface area (Å²) in [5.74, 6) is 0.883. The standard InChI is InChI=1S/C22H26N2O/c1-16(17-11-7-5-8-12-17)24-19(18-13-9-6-10-14-18)22(24,4)20-23-21(2,3)15-25-20/h5-14,16,19H,15H2,1-4H3/t16-,19+,22-,24?/m0/s1. The molecular formula is C22H26N2O. The zero-order valence-corrected chi connectivity index (χ0v) is 15.4. The highest BCUT2D eigenvalue weighted by Crippen LogP contribution is 2.59. The molecule has 1 saturated heterocycles. The van der Waals surface area contributed by atoms with Crippen molar-refractivity contribution in [2.45, 2.75) is 50.9 Å². The quantitative estimate of drug-likeness (QED) is 0.752. The lowest BCUT2D eigenvalue weighted by molar-refractivity contribution is 0.259. The minimum Gasteiger partial charge on any atom is -0.477 e. The molecule has 2 heterocycles. The maximum absolute atomic E-state index is 6.07. The van der Waals surface area contributed by atoms with E-state index in [1.165, 1.54) is 11.1 Å². The fraction of sp³-hybridized carbons (Fsp3) is 0.409. The monoisotopic (exact) mass is 334 g/mol. The zero-order chi connectivity index (χ0) is 17.7. The van der Waals surface area contributed by atoms with Gasteiger partial charge in [0.25, 0.3) is 0 Å². The van der Waals surface area contributed by atoms with Crippen LogP contribution in [0.2, 0.25) is 0 Å². The van der Waals surface area contributed by atoms with Gasteiger partial charge in [0.2, 0.25) is 5.90 Å². The van der Waals surface area contributed by atoms with Crippen LogP contribution in [0.15, 0.2) is 65.7 Å². The van der Waals surface area contributed by atoms with Crippen molar-refractivity contribution < 1.29 is 4.74 Å². The Morgan fingerprint density at radius 2 is 1.60 bits per heavy atom. The minimum absolute atomic E-state index is 0.135. The Morgan fingerprint density at radius 1 is 1.00 bits per heavy atom. The van der Waals surface area contributed by atoms with Crippen LogP contribution in [-0.4, -0.2) is 28.5 Å². The lowest BCUT2D eigenvalue weighted by Gasteiger charge is -2.18. The molecule has 0 bridgehead atoms. The van der Waals surface area contributed by atoms with Crippen molar-refractivity contribution >= 4 is 5.90 Å². The molecule has 0 aliphatic carbocycles. The van der Waals surface area contributed by atoms with E-state index >= 15 is 0 Å². The molecule has 25 heavy (non-hydrogen) atoms. The summed E-state index contributed by atoms with van der Waals surface area (Å²) in [5.41, 5.74) is 2.32. The highest BCUT2D eigenvalue weighted by atomic mass is 16.5. The smallest absolute Gasteiger partial charge is 0.206 e. The molecule has 130 valence electrons. The van der Waals surface area contributed by atoms with Gasteiger partial charge in [-0.25, -0.2) is 4.99 Å². The lowest BCUT2D eigenvalue weighted by atomic mass is 10.0. The first-order chi connectivity index (χ1) is 11.9. The minimum atomic E-state index is -0.190. The molecule has 0 spiro atoms. The topological polar surface area (TPSA) is 24.6 Å². The second-order valence-corrected chi connectivity index (χ2v) is 7.97. The normalized spacial score (nSPS) is 31.1. The van der Waals surface area contributed by atoms with Crippen LogP contribution in [0.4, 0.5) is 0 Å². The third kappa shape index (κ3) is 2.67. The first kappa shape index (κ1) is 16.3. The molecule has 0 aromatic heterocycles. The maximum atomic E-state index is 6.07. The summed E-state index contributed by atoms with van der Waals surface area (Å²) in [7, 11) is 0. The van der Waals surface area contributed by atoms with Crippen LogP contribution >= 0.6 is 0 Å². The molecule has 0 amide bonds. The van der Waals surface area contributed by atoms with Gasteiger partial charge >= 0.3 is 0 Å². The summed E-state index contributed by atoms with van der Waals surface area (Å²) in [5, 5.41) is 0. The summed E-state index contributed by atoms with van der Waals surface area (Å²) in [4.78, 5) is 7.43. The van der Waals surface area contributed by atoms with E-state index in [-0.39, 0.29) is 17.1 Å². The third-order valence-corrected chi connectivity index (χ3v) is 5.49. The van der Waals surface area contributed by atoms with E-state index in [0.29, 0.717) is 12.6 Å². The second kappa shape index (κ2) is 5.70. The van der Waals surface area contributed by atoms with Crippen LogP contribution in [0, 0.1) is 0 Å². The largest absolute Gasteiger partial charge is 0.477 e. The van der Waals surface area contributed by atoms with E-state index in [9.17, 15) is 0 Å². The Bertz CT molecular complexity index is 784. The molecule has 0 saturated carbocycles. The average molecular weight is 334 g/mol. The van der Waals surface area contributed by atoms with Crippen LogP contribution in [0.5, 0.6) is 0 Å². The predicted molar refractivity (Wildman–Crippen MR) is 102 cm³/mol. The van der Waals surface area contributed by atoms with Crippen LogP contribution in [0.3, 0.4) is 0 Å². The zero-order valence-electron chi connectivity index (χ0n) is 15.4. The highest BCUT2D eigenvalue weighted by Gasteiger charge is 2.67. The van der Waals surface area contributed by atoms with Gasteiger partial charge in [-0.1, -0.05) is 60.7 Å². The lowest BCUT2D eigenvalue weighted by Crippen LogP contribution is -2.28. The number of aliphatic imine (C=N–C) groups is 1. The van der Waals surface area contributed by atoms with Crippen molar-refractivity contribution in [2.75, 3.05) is 6.61 Å². The van der Waals surface area contributed by atoms with E-state index in [1.54, 1.807) is 0 Å². The fourth-order valence-corrected chi connectivity index (χ4v) is 4.12. The Hall–Kier alpha value is -2.13. The van der Waals surface area contributed by atoms with Crippen LogP contribution in [-0.2, 0) is 4.74 Å². The van der Waals surface area contributed by atoms with Crippen LogP contribution in [0.1, 0.15) is 50.9 Å². The van der Waals surface area contributed by atoms with Gasteiger partial charge in [-0.05, 0) is 38.8 Å². The molecule has 2 aromatic carbocycles. The molecule has 3 nitrogen and oxygen atoms in total. The number of ether oxygens (including phenoxy) is 1. The van der Waals surface area contributed by atoms with Gasteiger partial charge < -0.3 is 4.74 Å². The molecule has 4 rings (SSSR count). The van der Waals surface area contributed by atoms with Gasteiger partial charge in [0.1, 0.15) is 12.1 Å². The number of rotatable bonds is 4. The summed E-state index contributed by atoms with van der Waals surface area (Å²) in [6, 6.07) is 22.0.